The van der Waals surface area contributed by atoms with Crippen LogP contribution in [0.5, 0.6) is 0 Å². The maximum atomic E-state index is 2.92. The quantitative estimate of drug-likeness (QED) is 0.677. The molecular weight excluding hydrogens is 342 g/mol. The molecule has 3 heterocycles. The third kappa shape index (κ3) is 4.47. The Morgan fingerprint density at radius 1 is 0.643 bits per heavy atom. The zero-order valence-electron chi connectivity index (χ0n) is 19.7. The van der Waals surface area contributed by atoms with Crippen molar-refractivity contribution in [3.63, 3.8) is 0 Å². The van der Waals surface area contributed by atoms with E-state index in [4.69, 9.17) is 0 Å². The van der Waals surface area contributed by atoms with Crippen molar-refractivity contribution >= 4 is 0 Å². The summed E-state index contributed by atoms with van der Waals surface area (Å²) in [6.45, 7) is 22.6. The van der Waals surface area contributed by atoms with E-state index in [1.807, 2.05) is 0 Å². The van der Waals surface area contributed by atoms with Crippen LogP contribution in [0.4, 0.5) is 0 Å². The second kappa shape index (κ2) is 7.85. The van der Waals surface area contributed by atoms with Crippen molar-refractivity contribution in [2.75, 3.05) is 39.3 Å². The maximum absolute atomic E-state index is 2.92. The lowest BCUT2D eigenvalue weighted by Crippen LogP contribution is -2.57. The van der Waals surface area contributed by atoms with Crippen molar-refractivity contribution in [3.05, 3.63) is 0 Å². The Bertz CT molecular complexity index is 517. The lowest BCUT2D eigenvalue weighted by Gasteiger charge is -2.48. The van der Waals surface area contributed by atoms with Crippen molar-refractivity contribution in [3.8, 4) is 0 Å². The van der Waals surface area contributed by atoms with Crippen molar-refractivity contribution < 1.29 is 0 Å². The minimum Gasteiger partial charge on any atom is -0.299 e. The van der Waals surface area contributed by atoms with E-state index in [9.17, 15) is 0 Å². The van der Waals surface area contributed by atoms with E-state index in [-0.39, 0.29) is 0 Å². The second-order valence-electron chi connectivity index (χ2n) is 12.7. The first-order valence-electron chi connectivity index (χ1n) is 12.3. The summed E-state index contributed by atoms with van der Waals surface area (Å²) in [6.07, 6.45) is 8.62. The summed E-state index contributed by atoms with van der Waals surface area (Å²) >= 11 is 0. The van der Waals surface area contributed by atoms with Crippen molar-refractivity contribution in [2.24, 2.45) is 23.2 Å². The van der Waals surface area contributed by atoms with Gasteiger partial charge in [-0.15, -0.1) is 0 Å². The molecule has 28 heavy (non-hydrogen) atoms. The fraction of sp³-hybridized carbons (Fsp3) is 1.00. The number of rotatable bonds is 2. The standard InChI is InChI=1S/C25H47N3/c1-24(2,3)21-13-19-15-27(16-20(19)14-21)22-9-7-11-26(17-22)23-10-8-12-28(18-23)25(4,5)6/h19-23H,7-18H2,1-6H3. The molecule has 3 nitrogen and oxygen atoms in total. The largest absolute Gasteiger partial charge is 0.299 e. The molecule has 0 aromatic carbocycles. The Morgan fingerprint density at radius 2 is 1.21 bits per heavy atom. The molecule has 4 aliphatic rings. The van der Waals surface area contributed by atoms with Gasteiger partial charge in [-0.05, 0) is 95.6 Å². The summed E-state index contributed by atoms with van der Waals surface area (Å²) in [4.78, 5) is 8.54. The van der Waals surface area contributed by atoms with Gasteiger partial charge in [-0.25, -0.2) is 0 Å². The van der Waals surface area contributed by atoms with Gasteiger partial charge < -0.3 is 0 Å². The first kappa shape index (κ1) is 21.1. The smallest absolute Gasteiger partial charge is 0.0224 e. The summed E-state index contributed by atoms with van der Waals surface area (Å²) in [5, 5.41) is 0. The van der Waals surface area contributed by atoms with Gasteiger partial charge in [0.05, 0.1) is 0 Å². The van der Waals surface area contributed by atoms with Crippen LogP contribution in [0.2, 0.25) is 0 Å². The lowest BCUT2D eigenvalue weighted by atomic mass is 9.79. The number of hydrogen-bond donors (Lipinski definition) is 0. The Hall–Kier alpha value is -0.120. The molecule has 0 amide bonds. The highest BCUT2D eigenvalue weighted by molar-refractivity contribution is 4.99. The SMILES string of the molecule is CC(C)(C)C1CC2CN(C3CCCN(C4CCCN(C(C)(C)C)C4)C3)CC2C1. The average molecular weight is 390 g/mol. The highest BCUT2D eigenvalue weighted by Crippen LogP contribution is 2.49. The Morgan fingerprint density at radius 3 is 1.79 bits per heavy atom. The number of fused-ring (bicyclic) bond motifs is 1. The minimum atomic E-state index is 0.323. The van der Waals surface area contributed by atoms with E-state index >= 15 is 0 Å². The van der Waals surface area contributed by atoms with Gasteiger partial charge in [-0.3, -0.25) is 14.7 Å². The van der Waals surface area contributed by atoms with Gasteiger partial charge in [-0.1, -0.05) is 20.8 Å². The van der Waals surface area contributed by atoms with E-state index in [0.717, 1.165) is 29.8 Å². The fourth-order valence-electron chi connectivity index (χ4n) is 6.82. The maximum Gasteiger partial charge on any atom is 0.0224 e. The predicted molar refractivity (Wildman–Crippen MR) is 120 cm³/mol. The molecule has 0 aromatic rings. The molecule has 3 aliphatic heterocycles. The third-order valence-electron chi connectivity index (χ3n) is 8.81. The monoisotopic (exact) mass is 389 g/mol. The Labute approximate surface area is 175 Å². The Balaban J connectivity index is 1.32. The molecule has 3 heteroatoms. The summed E-state index contributed by atoms with van der Waals surface area (Å²) in [6, 6.07) is 1.63. The van der Waals surface area contributed by atoms with Gasteiger partial charge in [0.1, 0.15) is 0 Å². The number of hydrogen-bond acceptors (Lipinski definition) is 3. The van der Waals surface area contributed by atoms with Gasteiger partial charge in [-0.2, -0.15) is 0 Å². The molecule has 1 aliphatic carbocycles. The van der Waals surface area contributed by atoms with Crippen LogP contribution in [0.25, 0.3) is 0 Å². The highest BCUT2D eigenvalue weighted by Gasteiger charge is 2.46. The lowest BCUT2D eigenvalue weighted by molar-refractivity contribution is 0.0148. The molecule has 0 N–H and O–H groups in total. The van der Waals surface area contributed by atoms with Gasteiger partial charge in [0, 0.05) is 43.8 Å². The highest BCUT2D eigenvalue weighted by atomic mass is 15.3. The van der Waals surface area contributed by atoms with Crippen LogP contribution in [-0.4, -0.2) is 71.6 Å². The summed E-state index contributed by atoms with van der Waals surface area (Å²) in [5.74, 6) is 2.94. The van der Waals surface area contributed by atoms with Crippen LogP contribution in [0, 0.1) is 23.2 Å². The molecule has 0 radical (unpaired) electrons. The molecule has 4 atom stereocenters. The van der Waals surface area contributed by atoms with Crippen LogP contribution in [0.15, 0.2) is 0 Å². The Kier molecular flexibility index (Phi) is 5.92. The van der Waals surface area contributed by atoms with Gasteiger partial charge in [0.15, 0.2) is 0 Å². The first-order chi connectivity index (χ1) is 13.1. The van der Waals surface area contributed by atoms with Crippen LogP contribution in [-0.2, 0) is 0 Å². The van der Waals surface area contributed by atoms with Gasteiger partial charge >= 0.3 is 0 Å². The molecule has 0 bridgehead atoms. The van der Waals surface area contributed by atoms with E-state index < -0.39 is 0 Å². The second-order valence-corrected chi connectivity index (χ2v) is 12.7. The van der Waals surface area contributed by atoms with E-state index in [2.05, 4.69) is 56.2 Å². The van der Waals surface area contributed by atoms with Crippen molar-refractivity contribution in [2.45, 2.75) is 97.7 Å². The fourth-order valence-corrected chi connectivity index (χ4v) is 6.82. The van der Waals surface area contributed by atoms with Crippen molar-refractivity contribution in [1.29, 1.82) is 0 Å². The summed E-state index contributed by atoms with van der Waals surface area (Å²) in [5.41, 5.74) is 0.834. The van der Waals surface area contributed by atoms with Gasteiger partial charge in [0.25, 0.3) is 0 Å². The summed E-state index contributed by atoms with van der Waals surface area (Å²) < 4.78 is 0. The van der Waals surface area contributed by atoms with Crippen LogP contribution in [0.1, 0.15) is 80.1 Å². The zero-order valence-corrected chi connectivity index (χ0v) is 19.7. The molecular formula is C25H47N3. The van der Waals surface area contributed by atoms with E-state index in [0.29, 0.717) is 11.0 Å². The molecule has 4 fully saturated rings. The molecule has 3 saturated heterocycles. The predicted octanol–water partition coefficient (Wildman–Crippen LogP) is 4.72. The average Bonchev–Trinajstić information content (AvgIpc) is 3.20. The molecule has 162 valence electrons. The van der Waals surface area contributed by atoms with E-state index in [1.54, 1.807) is 0 Å². The minimum absolute atomic E-state index is 0.323. The van der Waals surface area contributed by atoms with Crippen LogP contribution in [0.3, 0.4) is 0 Å². The molecule has 0 spiro atoms. The first-order valence-corrected chi connectivity index (χ1v) is 12.3. The molecule has 4 unspecified atom stereocenters. The third-order valence-corrected chi connectivity index (χ3v) is 8.81. The zero-order chi connectivity index (χ0) is 20.1. The number of piperidine rings is 2. The van der Waals surface area contributed by atoms with Crippen molar-refractivity contribution in [1.82, 2.24) is 14.7 Å². The number of nitrogens with zero attached hydrogens (tertiary/aromatic N) is 3. The van der Waals surface area contributed by atoms with E-state index in [1.165, 1.54) is 77.8 Å². The topological polar surface area (TPSA) is 9.72 Å². The molecule has 1 saturated carbocycles. The van der Waals surface area contributed by atoms with Crippen LogP contribution >= 0.6 is 0 Å². The normalized spacial score (nSPS) is 39.4. The summed E-state index contributed by atoms with van der Waals surface area (Å²) in [7, 11) is 0. The molecule has 0 aromatic heterocycles. The number of likely N-dealkylation sites (tertiary alicyclic amines) is 3. The molecule has 4 rings (SSSR count). The van der Waals surface area contributed by atoms with Gasteiger partial charge in [0.2, 0.25) is 0 Å². The van der Waals surface area contributed by atoms with Crippen LogP contribution < -0.4 is 0 Å².